The molecule has 170 valence electrons. The molecule has 2 aliphatic rings. The van der Waals surface area contributed by atoms with E-state index in [-0.39, 0.29) is 18.4 Å². The van der Waals surface area contributed by atoms with Gasteiger partial charge in [0.1, 0.15) is 11.3 Å². The maximum absolute atomic E-state index is 13.8. The zero-order valence-corrected chi connectivity index (χ0v) is 19.3. The summed E-state index contributed by atoms with van der Waals surface area (Å²) in [5.41, 5.74) is -0.756. The Bertz CT molecular complexity index is 990. The summed E-state index contributed by atoms with van der Waals surface area (Å²) in [6, 6.07) is 10.3. The second kappa shape index (κ2) is 9.03. The van der Waals surface area contributed by atoms with Crippen molar-refractivity contribution in [2.75, 3.05) is 18.1 Å². The lowest BCUT2D eigenvalue weighted by Crippen LogP contribution is -2.56. The molecule has 0 unspecified atom stereocenters. The van der Waals surface area contributed by atoms with Crippen LogP contribution in [0.15, 0.2) is 41.8 Å². The Balaban J connectivity index is 1.79. The minimum atomic E-state index is -1.24. The van der Waals surface area contributed by atoms with E-state index >= 15 is 0 Å². The van der Waals surface area contributed by atoms with Crippen molar-refractivity contribution in [1.29, 1.82) is 0 Å². The van der Waals surface area contributed by atoms with Crippen LogP contribution in [0.1, 0.15) is 44.5 Å². The molecule has 2 saturated heterocycles. The van der Waals surface area contributed by atoms with Crippen molar-refractivity contribution >= 4 is 34.8 Å². The molecule has 2 aromatic rings. The number of amides is 2. The van der Waals surface area contributed by atoms with Crippen LogP contribution in [0.3, 0.4) is 0 Å². The number of anilines is 1. The molecule has 4 atom stereocenters. The molecule has 1 N–H and O–H groups in total. The highest BCUT2D eigenvalue weighted by Crippen LogP contribution is 2.52. The van der Waals surface area contributed by atoms with Gasteiger partial charge in [-0.3, -0.25) is 19.7 Å². The Morgan fingerprint density at radius 3 is 2.44 bits per heavy atom. The zero-order chi connectivity index (χ0) is 22.9. The van der Waals surface area contributed by atoms with Gasteiger partial charge >= 0.3 is 5.97 Å². The fraction of sp³-hybridized carbons (Fsp3) is 0.458. The van der Waals surface area contributed by atoms with Crippen molar-refractivity contribution in [1.82, 2.24) is 5.32 Å². The van der Waals surface area contributed by atoms with Crippen LogP contribution in [-0.4, -0.2) is 36.5 Å². The second-order valence-electron chi connectivity index (χ2n) is 8.02. The van der Waals surface area contributed by atoms with Crippen LogP contribution in [-0.2, 0) is 19.1 Å². The first-order chi connectivity index (χ1) is 15.5. The average Bonchev–Trinajstić information content (AvgIpc) is 3.47. The molecule has 0 bridgehead atoms. The van der Waals surface area contributed by atoms with Crippen molar-refractivity contribution < 1.29 is 23.9 Å². The van der Waals surface area contributed by atoms with Crippen LogP contribution in [0, 0.1) is 11.8 Å². The topological polar surface area (TPSA) is 84.9 Å². The first kappa shape index (κ1) is 22.5. The molecule has 1 aromatic heterocycles. The summed E-state index contributed by atoms with van der Waals surface area (Å²) in [5.74, 6) is -1.96. The van der Waals surface area contributed by atoms with Gasteiger partial charge in [0.25, 0.3) is 0 Å². The van der Waals surface area contributed by atoms with Gasteiger partial charge in [-0.25, -0.2) is 4.90 Å². The summed E-state index contributed by atoms with van der Waals surface area (Å²) in [6.45, 7) is 6.33. The minimum absolute atomic E-state index is 0.206. The number of benzene rings is 1. The molecule has 2 aliphatic heterocycles. The predicted octanol–water partition coefficient (Wildman–Crippen LogP) is 3.70. The third kappa shape index (κ3) is 3.51. The number of thiophene rings is 1. The molecule has 3 heterocycles. The third-order valence-electron chi connectivity index (χ3n) is 6.19. The number of nitrogens with zero attached hydrogens (tertiary/aromatic N) is 1. The van der Waals surface area contributed by atoms with Crippen LogP contribution in [0.25, 0.3) is 0 Å². The van der Waals surface area contributed by atoms with E-state index < -0.39 is 29.4 Å². The van der Waals surface area contributed by atoms with E-state index in [0.717, 1.165) is 4.88 Å². The van der Waals surface area contributed by atoms with Gasteiger partial charge < -0.3 is 9.47 Å². The maximum Gasteiger partial charge on any atom is 0.327 e. The SMILES string of the molecule is CCC[C@]1(C(=O)OCC)N[C@H](c2cccs2)[C@H]2C(=O)N(c3ccc(OCC)cc3)C(=O)[C@H]21. The Hall–Kier alpha value is -2.71. The monoisotopic (exact) mass is 456 g/mol. The van der Waals surface area contributed by atoms with Crippen LogP contribution < -0.4 is 15.0 Å². The lowest BCUT2D eigenvalue weighted by atomic mass is 9.77. The van der Waals surface area contributed by atoms with Crippen molar-refractivity contribution in [3.05, 3.63) is 46.7 Å². The number of nitrogens with one attached hydrogen (secondary N) is 1. The molecule has 2 amide bonds. The summed E-state index contributed by atoms with van der Waals surface area (Å²) in [4.78, 5) is 42.8. The standard InChI is InChI=1S/C24H28N2O5S/c1-4-13-24(23(29)31-6-3)19-18(20(25-24)17-8-7-14-32-17)21(27)26(22(19)28)15-9-11-16(12-10-15)30-5-2/h7-12,14,18-20,25H,4-6,13H2,1-3H3/t18-,19-,20+,24-/m0/s1. The van der Waals surface area contributed by atoms with Gasteiger partial charge in [0.2, 0.25) is 11.8 Å². The second-order valence-corrected chi connectivity index (χ2v) is 9.00. The van der Waals surface area contributed by atoms with Crippen LogP contribution in [0.5, 0.6) is 5.75 Å². The molecule has 2 fully saturated rings. The van der Waals surface area contributed by atoms with Crippen LogP contribution in [0.4, 0.5) is 5.69 Å². The highest BCUT2D eigenvalue weighted by molar-refractivity contribution is 7.10. The first-order valence-electron chi connectivity index (χ1n) is 11.1. The van der Waals surface area contributed by atoms with E-state index in [1.165, 1.54) is 16.2 Å². The Kier molecular flexibility index (Phi) is 6.35. The van der Waals surface area contributed by atoms with Crippen LogP contribution >= 0.6 is 11.3 Å². The summed E-state index contributed by atoms with van der Waals surface area (Å²) >= 11 is 1.51. The van der Waals surface area contributed by atoms with Crippen molar-refractivity contribution in [2.45, 2.75) is 45.2 Å². The summed E-state index contributed by atoms with van der Waals surface area (Å²) < 4.78 is 10.9. The normalized spacial score (nSPS) is 27.0. The lowest BCUT2D eigenvalue weighted by Gasteiger charge is -2.32. The third-order valence-corrected chi connectivity index (χ3v) is 7.15. The number of carbonyl (C=O) groups is 3. The molecule has 1 aromatic carbocycles. The summed E-state index contributed by atoms with van der Waals surface area (Å²) in [6.07, 6.45) is 1.07. The van der Waals surface area contributed by atoms with E-state index in [4.69, 9.17) is 9.47 Å². The first-order valence-corrected chi connectivity index (χ1v) is 11.9. The molecular weight excluding hydrogens is 428 g/mol. The number of rotatable bonds is 8. The van der Waals surface area contributed by atoms with Crippen LogP contribution in [0.2, 0.25) is 0 Å². The van der Waals surface area contributed by atoms with Gasteiger partial charge in [0.05, 0.1) is 36.8 Å². The summed E-state index contributed by atoms with van der Waals surface area (Å²) in [5, 5.41) is 5.33. The average molecular weight is 457 g/mol. The molecule has 8 heteroatoms. The molecule has 0 spiro atoms. The molecular formula is C24H28N2O5S. The van der Waals surface area contributed by atoms with Crippen molar-refractivity contribution in [2.24, 2.45) is 11.8 Å². The number of hydrogen-bond acceptors (Lipinski definition) is 7. The quantitative estimate of drug-likeness (QED) is 0.482. The molecule has 32 heavy (non-hydrogen) atoms. The smallest absolute Gasteiger partial charge is 0.327 e. The van der Waals surface area contributed by atoms with Crippen molar-refractivity contribution in [3.63, 3.8) is 0 Å². The van der Waals surface area contributed by atoms with E-state index in [1.807, 2.05) is 31.4 Å². The summed E-state index contributed by atoms with van der Waals surface area (Å²) in [7, 11) is 0. The number of ether oxygens (including phenoxy) is 2. The van der Waals surface area contributed by atoms with Gasteiger partial charge in [0, 0.05) is 4.88 Å². The fourth-order valence-electron chi connectivity index (χ4n) is 5.00. The Morgan fingerprint density at radius 1 is 1.09 bits per heavy atom. The molecule has 4 rings (SSSR count). The van der Waals surface area contributed by atoms with Gasteiger partial charge in [0.15, 0.2) is 0 Å². The number of fused-ring (bicyclic) bond motifs is 1. The van der Waals surface area contributed by atoms with Gasteiger partial charge in [-0.05, 0) is 56.0 Å². The highest BCUT2D eigenvalue weighted by Gasteiger charge is 2.68. The Morgan fingerprint density at radius 2 is 1.84 bits per heavy atom. The minimum Gasteiger partial charge on any atom is -0.494 e. The highest BCUT2D eigenvalue weighted by atomic mass is 32.1. The van der Waals surface area contributed by atoms with Crippen molar-refractivity contribution in [3.8, 4) is 5.75 Å². The predicted molar refractivity (Wildman–Crippen MR) is 122 cm³/mol. The van der Waals surface area contributed by atoms with E-state index in [0.29, 0.717) is 30.9 Å². The Labute approximate surface area is 191 Å². The van der Waals surface area contributed by atoms with E-state index in [9.17, 15) is 14.4 Å². The molecule has 0 radical (unpaired) electrons. The van der Waals surface area contributed by atoms with Gasteiger partial charge in [-0.15, -0.1) is 11.3 Å². The molecule has 7 nitrogen and oxygen atoms in total. The number of esters is 1. The maximum atomic E-state index is 13.8. The van der Waals surface area contributed by atoms with Gasteiger partial charge in [-0.2, -0.15) is 0 Å². The van der Waals surface area contributed by atoms with Gasteiger partial charge in [-0.1, -0.05) is 19.4 Å². The lowest BCUT2D eigenvalue weighted by molar-refractivity contribution is -0.155. The largest absolute Gasteiger partial charge is 0.494 e. The molecule has 0 aliphatic carbocycles. The number of hydrogen-bond donors (Lipinski definition) is 1. The van der Waals surface area contributed by atoms with E-state index in [2.05, 4.69) is 5.32 Å². The fourth-order valence-corrected chi connectivity index (χ4v) is 5.82. The molecule has 0 saturated carbocycles. The number of carbonyl (C=O) groups excluding carboxylic acids is 3. The van der Waals surface area contributed by atoms with E-state index in [1.54, 1.807) is 31.2 Å². The number of imide groups is 1. The zero-order valence-electron chi connectivity index (χ0n) is 18.5.